The van der Waals surface area contributed by atoms with Crippen molar-refractivity contribution in [2.75, 3.05) is 0 Å². The smallest absolute Gasteiger partial charge is 0.449 e. The minimum Gasteiger partial charge on any atom is -0.504 e. The topological polar surface area (TPSA) is 37.3 Å². The lowest BCUT2D eigenvalue weighted by atomic mass is 10.1. The van der Waals surface area contributed by atoms with E-state index in [1.807, 2.05) is 0 Å². The maximum atomic E-state index is 12.0. The lowest BCUT2D eigenvalue weighted by Crippen LogP contribution is -2.17. The second kappa shape index (κ2) is 2.27. The fourth-order valence-corrected chi connectivity index (χ4v) is 1.84. The van der Waals surface area contributed by atoms with E-state index in [1.165, 1.54) is 0 Å². The van der Waals surface area contributed by atoms with Gasteiger partial charge in [0.25, 0.3) is 0 Å². The Bertz CT molecular complexity index is 303. The highest BCUT2D eigenvalue weighted by Crippen LogP contribution is 2.55. The summed E-state index contributed by atoms with van der Waals surface area (Å²) in [7, 11) is 0. The fraction of sp³-hybridized carbons (Fsp3) is 0.625. The number of aliphatic hydroxyl groups excluding tert-OH is 1. The largest absolute Gasteiger partial charge is 0.504 e. The van der Waals surface area contributed by atoms with Crippen molar-refractivity contribution in [3.63, 3.8) is 0 Å². The van der Waals surface area contributed by atoms with Crippen molar-refractivity contribution in [3.05, 3.63) is 11.3 Å². The lowest BCUT2D eigenvalue weighted by molar-refractivity contribution is -0.127. The van der Waals surface area contributed by atoms with Gasteiger partial charge in [0.15, 0.2) is 5.78 Å². The number of halogens is 3. The Balaban J connectivity index is 2.37. The van der Waals surface area contributed by atoms with Crippen molar-refractivity contribution in [2.45, 2.75) is 19.0 Å². The van der Waals surface area contributed by atoms with Crippen LogP contribution in [0.1, 0.15) is 12.8 Å². The molecule has 2 rings (SSSR count). The molecular formula is C8H7F3O2. The first-order valence-corrected chi connectivity index (χ1v) is 3.94. The molecule has 0 spiro atoms. The molecule has 13 heavy (non-hydrogen) atoms. The number of ketones is 1. The third kappa shape index (κ3) is 1.22. The van der Waals surface area contributed by atoms with Crippen molar-refractivity contribution < 1.29 is 23.1 Å². The number of carbonyl (C=O) groups excluding carboxylic acids is 1. The summed E-state index contributed by atoms with van der Waals surface area (Å²) in [5.41, 5.74) is -0.391. The van der Waals surface area contributed by atoms with Crippen molar-refractivity contribution in [2.24, 2.45) is 11.8 Å². The first kappa shape index (κ1) is 8.59. The molecule has 5 heteroatoms. The summed E-state index contributed by atoms with van der Waals surface area (Å²) in [5, 5.41) is 8.79. The molecule has 0 amide bonds. The van der Waals surface area contributed by atoms with Crippen LogP contribution in [-0.4, -0.2) is 17.1 Å². The molecule has 0 saturated heterocycles. The van der Waals surface area contributed by atoms with E-state index in [-0.39, 0.29) is 18.3 Å². The number of hydrogen-bond acceptors (Lipinski definition) is 2. The van der Waals surface area contributed by atoms with Crippen LogP contribution in [0.15, 0.2) is 11.3 Å². The second-order valence-electron chi connectivity index (χ2n) is 3.49. The molecule has 2 atom stereocenters. The fourth-order valence-electron chi connectivity index (χ4n) is 1.84. The molecule has 0 aromatic heterocycles. The van der Waals surface area contributed by atoms with E-state index in [1.54, 1.807) is 0 Å². The van der Waals surface area contributed by atoms with Crippen molar-refractivity contribution in [1.82, 2.24) is 0 Å². The first-order chi connectivity index (χ1) is 5.91. The number of allylic oxidation sites excluding steroid dienone is 2. The molecular weight excluding hydrogens is 185 g/mol. The van der Waals surface area contributed by atoms with Crippen molar-refractivity contribution >= 4 is 5.78 Å². The van der Waals surface area contributed by atoms with Crippen LogP contribution in [0.4, 0.5) is 13.2 Å². The zero-order valence-electron chi connectivity index (χ0n) is 6.56. The van der Waals surface area contributed by atoms with Gasteiger partial charge in [0.2, 0.25) is 5.76 Å². The van der Waals surface area contributed by atoms with Crippen LogP contribution in [0.2, 0.25) is 0 Å². The molecule has 0 radical (unpaired) electrons. The summed E-state index contributed by atoms with van der Waals surface area (Å²) >= 11 is 0. The van der Waals surface area contributed by atoms with E-state index in [4.69, 9.17) is 5.11 Å². The van der Waals surface area contributed by atoms with Gasteiger partial charge in [0.1, 0.15) is 0 Å². The Labute approximate surface area is 72.0 Å². The highest BCUT2D eigenvalue weighted by Gasteiger charge is 2.54. The number of fused-ring (bicyclic) bond motifs is 1. The normalized spacial score (nSPS) is 36.1. The summed E-state index contributed by atoms with van der Waals surface area (Å²) in [6.45, 7) is 0. The van der Waals surface area contributed by atoms with Gasteiger partial charge in [0, 0.05) is 12.0 Å². The monoisotopic (exact) mass is 192 g/mol. The van der Waals surface area contributed by atoms with Crippen molar-refractivity contribution in [3.8, 4) is 0 Å². The van der Waals surface area contributed by atoms with Crippen LogP contribution in [0.25, 0.3) is 0 Å². The maximum Gasteiger partial charge on any atom is 0.449 e. The lowest BCUT2D eigenvalue weighted by Gasteiger charge is -2.08. The van der Waals surface area contributed by atoms with Gasteiger partial charge in [-0.15, -0.1) is 0 Å². The van der Waals surface area contributed by atoms with Crippen molar-refractivity contribution in [1.29, 1.82) is 0 Å². The minimum absolute atomic E-state index is 0.0620. The Morgan fingerprint density at radius 1 is 1.46 bits per heavy atom. The average Bonchev–Trinajstić information content (AvgIpc) is 2.61. The maximum absolute atomic E-state index is 12.0. The van der Waals surface area contributed by atoms with Crippen LogP contribution in [0, 0.1) is 11.8 Å². The van der Waals surface area contributed by atoms with Crippen LogP contribution < -0.4 is 0 Å². The molecule has 2 saturated carbocycles. The summed E-state index contributed by atoms with van der Waals surface area (Å²) < 4.78 is 36.0. The summed E-state index contributed by atoms with van der Waals surface area (Å²) in [5.74, 6) is -2.49. The number of rotatable bonds is 0. The summed E-state index contributed by atoms with van der Waals surface area (Å²) in [4.78, 5) is 11.0. The van der Waals surface area contributed by atoms with E-state index in [9.17, 15) is 18.0 Å². The van der Waals surface area contributed by atoms with E-state index in [2.05, 4.69) is 0 Å². The number of aliphatic hydroxyl groups is 1. The standard InChI is InChI=1S/C8H7F3O2/c9-8(10,11)7(13)6-4-1-3(4)2-5(6)12/h3-4,13H,1-2H2/b7-6-. The SMILES string of the molecule is O=C1CC2CC2/C1=C(/O)C(F)(F)F. The van der Waals surface area contributed by atoms with Crippen LogP contribution >= 0.6 is 0 Å². The molecule has 0 heterocycles. The molecule has 2 aliphatic carbocycles. The molecule has 0 bridgehead atoms. The molecule has 2 fully saturated rings. The molecule has 2 aliphatic rings. The minimum atomic E-state index is -4.78. The van der Waals surface area contributed by atoms with Gasteiger partial charge >= 0.3 is 6.18 Å². The van der Waals surface area contributed by atoms with Gasteiger partial charge in [-0.25, -0.2) is 0 Å². The Morgan fingerprint density at radius 3 is 2.46 bits per heavy atom. The predicted molar refractivity (Wildman–Crippen MR) is 36.9 cm³/mol. The van der Waals surface area contributed by atoms with Crippen LogP contribution in [0.5, 0.6) is 0 Å². The first-order valence-electron chi connectivity index (χ1n) is 3.94. The van der Waals surface area contributed by atoms with Gasteiger partial charge in [-0.3, -0.25) is 4.79 Å². The van der Waals surface area contributed by atoms with Gasteiger partial charge in [-0.05, 0) is 18.3 Å². The highest BCUT2D eigenvalue weighted by molar-refractivity contribution is 6.00. The van der Waals surface area contributed by atoms with E-state index in [0.717, 1.165) is 0 Å². The Hall–Kier alpha value is -1.00. The highest BCUT2D eigenvalue weighted by atomic mass is 19.4. The number of hydrogen-bond donors (Lipinski definition) is 1. The van der Waals surface area contributed by atoms with Gasteiger partial charge in [-0.2, -0.15) is 13.2 Å². The number of Topliss-reactive ketones (excluding diaryl/α,β-unsaturated/α-hetero) is 1. The third-order valence-electron chi connectivity index (χ3n) is 2.57. The van der Waals surface area contributed by atoms with Gasteiger partial charge < -0.3 is 5.11 Å². The predicted octanol–water partition coefficient (Wildman–Crippen LogP) is 1.97. The number of carbonyl (C=O) groups is 1. The number of alkyl halides is 3. The molecule has 0 aromatic carbocycles. The van der Waals surface area contributed by atoms with Crippen LogP contribution in [0.3, 0.4) is 0 Å². The van der Waals surface area contributed by atoms with Gasteiger partial charge in [0.05, 0.1) is 0 Å². The van der Waals surface area contributed by atoms with Gasteiger partial charge in [-0.1, -0.05) is 0 Å². The Morgan fingerprint density at radius 2 is 2.08 bits per heavy atom. The molecule has 1 N–H and O–H groups in total. The second-order valence-corrected chi connectivity index (χ2v) is 3.49. The van der Waals surface area contributed by atoms with E-state index >= 15 is 0 Å². The summed E-state index contributed by atoms with van der Waals surface area (Å²) in [6.07, 6.45) is -4.00. The molecule has 72 valence electrons. The Kier molecular flexibility index (Phi) is 1.50. The van der Waals surface area contributed by atoms with Crippen LogP contribution in [-0.2, 0) is 4.79 Å². The average molecular weight is 192 g/mol. The quantitative estimate of drug-likeness (QED) is 0.470. The molecule has 0 aliphatic heterocycles. The summed E-state index contributed by atoms with van der Waals surface area (Å²) in [6, 6.07) is 0. The molecule has 2 nitrogen and oxygen atoms in total. The zero-order valence-corrected chi connectivity index (χ0v) is 6.56. The third-order valence-corrected chi connectivity index (χ3v) is 2.57. The molecule has 0 aromatic rings. The molecule has 2 unspecified atom stereocenters. The van der Waals surface area contributed by atoms with E-state index < -0.39 is 23.3 Å². The zero-order chi connectivity index (χ0) is 9.80. The van der Waals surface area contributed by atoms with E-state index in [0.29, 0.717) is 6.42 Å².